The lowest BCUT2D eigenvalue weighted by Crippen LogP contribution is -2.53. The van der Waals surface area contributed by atoms with E-state index in [1.165, 1.54) is 22.5 Å². The molecule has 130 valence electrons. The molecule has 1 heterocycles. The van der Waals surface area contributed by atoms with Gasteiger partial charge in [-0.3, -0.25) is 4.79 Å². The van der Waals surface area contributed by atoms with Crippen molar-refractivity contribution in [2.75, 3.05) is 19.6 Å². The van der Waals surface area contributed by atoms with Crippen LogP contribution in [0.4, 0.5) is 0 Å². The average molecular weight is 427 g/mol. The Morgan fingerprint density at radius 3 is 2.74 bits per heavy atom. The van der Waals surface area contributed by atoms with Gasteiger partial charge in [-0.15, -0.1) is 12.4 Å². The highest BCUT2D eigenvalue weighted by molar-refractivity contribution is 9.10. The van der Waals surface area contributed by atoms with Gasteiger partial charge < -0.3 is 11.1 Å². The summed E-state index contributed by atoms with van der Waals surface area (Å²) in [4.78, 5) is 11.5. The summed E-state index contributed by atoms with van der Waals surface area (Å²) in [5, 5.41) is 3.22. The number of nitrogens with one attached hydrogen (secondary N) is 1. The number of halogens is 2. The third kappa shape index (κ3) is 4.67. The fraction of sp³-hybridized carbons (Fsp3) is 0.500. The Hall–Kier alpha value is -0.670. The van der Waals surface area contributed by atoms with Gasteiger partial charge in [-0.05, 0) is 24.6 Å². The highest BCUT2D eigenvalue weighted by atomic mass is 79.9. The molecule has 1 aliphatic rings. The summed E-state index contributed by atoms with van der Waals surface area (Å²) >= 11 is 3.24. The standard InChI is InChI=1S/C14H20BrN3O3S.ClH/c1-2-3-12-9-17-4-5-18(12)22(20,21)13-7-10(14(16)19)6-11(15)8-13;/h6-8,12,17H,2-5,9H2,1H3,(H2,16,19);1H. The quantitative estimate of drug-likeness (QED) is 0.750. The molecule has 2 rings (SSSR count). The molecular weight excluding hydrogens is 406 g/mol. The number of benzene rings is 1. The van der Waals surface area contributed by atoms with Crippen LogP contribution < -0.4 is 11.1 Å². The maximum atomic E-state index is 12.9. The summed E-state index contributed by atoms with van der Waals surface area (Å²) in [6.07, 6.45) is 1.70. The molecule has 0 aromatic heterocycles. The summed E-state index contributed by atoms with van der Waals surface area (Å²) in [6, 6.07) is 4.29. The molecular formula is C14H21BrClN3O3S. The molecule has 1 aromatic rings. The van der Waals surface area contributed by atoms with Crippen molar-refractivity contribution in [3.05, 3.63) is 28.2 Å². The van der Waals surface area contributed by atoms with Crippen LogP contribution in [0.15, 0.2) is 27.6 Å². The second-order valence-electron chi connectivity index (χ2n) is 5.30. The summed E-state index contributed by atoms with van der Waals surface area (Å²) < 4.78 is 27.9. The van der Waals surface area contributed by atoms with Crippen LogP contribution >= 0.6 is 28.3 Å². The second kappa shape index (κ2) is 8.43. The van der Waals surface area contributed by atoms with Gasteiger partial charge in [-0.25, -0.2) is 8.42 Å². The number of carbonyl (C=O) groups is 1. The Labute approximate surface area is 151 Å². The van der Waals surface area contributed by atoms with Gasteiger partial charge in [0.25, 0.3) is 0 Å². The fourth-order valence-electron chi connectivity index (χ4n) is 2.63. The first-order valence-corrected chi connectivity index (χ1v) is 9.42. The molecule has 0 aliphatic carbocycles. The molecule has 1 aromatic carbocycles. The lowest BCUT2D eigenvalue weighted by Gasteiger charge is -2.35. The van der Waals surface area contributed by atoms with Crippen molar-refractivity contribution < 1.29 is 13.2 Å². The predicted molar refractivity (Wildman–Crippen MR) is 95.4 cm³/mol. The number of piperazine rings is 1. The van der Waals surface area contributed by atoms with E-state index in [4.69, 9.17) is 5.73 Å². The van der Waals surface area contributed by atoms with E-state index in [1.807, 2.05) is 6.92 Å². The number of nitrogens with zero attached hydrogens (tertiary/aromatic N) is 1. The predicted octanol–water partition coefficient (Wildman–Crippen LogP) is 1.73. The Morgan fingerprint density at radius 2 is 2.13 bits per heavy atom. The number of sulfonamides is 1. The van der Waals surface area contributed by atoms with E-state index < -0.39 is 15.9 Å². The zero-order valence-corrected chi connectivity index (χ0v) is 16.0. The first kappa shape index (κ1) is 20.4. The summed E-state index contributed by atoms with van der Waals surface area (Å²) in [5.74, 6) is -0.650. The lowest BCUT2D eigenvalue weighted by molar-refractivity contribution is 0.1000. The van der Waals surface area contributed by atoms with E-state index in [9.17, 15) is 13.2 Å². The van der Waals surface area contributed by atoms with E-state index in [0.717, 1.165) is 12.8 Å². The third-order valence-corrected chi connectivity index (χ3v) is 6.07. The van der Waals surface area contributed by atoms with Crippen LogP contribution in [0, 0.1) is 0 Å². The number of carbonyl (C=O) groups excluding carboxylic acids is 1. The van der Waals surface area contributed by atoms with Crippen LogP contribution in [0.5, 0.6) is 0 Å². The molecule has 1 fully saturated rings. The van der Waals surface area contributed by atoms with E-state index in [0.29, 0.717) is 24.1 Å². The molecule has 1 aliphatic heterocycles. The minimum Gasteiger partial charge on any atom is -0.366 e. The van der Waals surface area contributed by atoms with Crippen LogP contribution in [0.2, 0.25) is 0 Å². The van der Waals surface area contributed by atoms with Gasteiger partial charge in [-0.1, -0.05) is 29.3 Å². The first-order valence-electron chi connectivity index (χ1n) is 7.19. The molecule has 6 nitrogen and oxygen atoms in total. The number of primary amides is 1. The van der Waals surface area contributed by atoms with Gasteiger partial charge in [0.15, 0.2) is 0 Å². The normalized spacial score (nSPS) is 19.1. The topological polar surface area (TPSA) is 92.5 Å². The monoisotopic (exact) mass is 425 g/mol. The number of rotatable bonds is 5. The number of nitrogens with two attached hydrogens (primary N) is 1. The molecule has 0 saturated carbocycles. The van der Waals surface area contributed by atoms with Crippen molar-refractivity contribution in [1.82, 2.24) is 9.62 Å². The minimum absolute atomic E-state index is 0. The fourth-order valence-corrected chi connectivity index (χ4v) is 5.00. The van der Waals surface area contributed by atoms with Crippen molar-refractivity contribution in [3.8, 4) is 0 Å². The second-order valence-corrected chi connectivity index (χ2v) is 8.11. The number of amides is 1. The molecule has 1 saturated heterocycles. The van der Waals surface area contributed by atoms with E-state index in [-0.39, 0.29) is 28.9 Å². The Balaban J connectivity index is 0.00000264. The van der Waals surface area contributed by atoms with Crippen molar-refractivity contribution in [2.45, 2.75) is 30.7 Å². The summed E-state index contributed by atoms with van der Waals surface area (Å²) in [5.41, 5.74) is 5.45. The summed E-state index contributed by atoms with van der Waals surface area (Å²) in [7, 11) is -3.66. The Kier molecular flexibility index (Phi) is 7.47. The van der Waals surface area contributed by atoms with Crippen molar-refractivity contribution in [2.24, 2.45) is 5.73 Å². The zero-order valence-electron chi connectivity index (χ0n) is 12.8. The maximum Gasteiger partial charge on any atom is 0.248 e. The average Bonchev–Trinajstić information content (AvgIpc) is 2.47. The molecule has 1 atom stereocenters. The highest BCUT2D eigenvalue weighted by Crippen LogP contribution is 2.25. The molecule has 0 bridgehead atoms. The minimum atomic E-state index is -3.66. The van der Waals surface area contributed by atoms with Gasteiger partial charge in [0, 0.05) is 35.7 Å². The largest absolute Gasteiger partial charge is 0.366 e. The molecule has 3 N–H and O–H groups in total. The van der Waals surface area contributed by atoms with Crippen LogP contribution in [-0.4, -0.2) is 44.3 Å². The van der Waals surface area contributed by atoms with Gasteiger partial charge in [0.2, 0.25) is 15.9 Å². The van der Waals surface area contributed by atoms with Gasteiger partial charge in [0.05, 0.1) is 4.90 Å². The van der Waals surface area contributed by atoms with Crippen molar-refractivity contribution in [1.29, 1.82) is 0 Å². The van der Waals surface area contributed by atoms with Crippen molar-refractivity contribution >= 4 is 44.3 Å². The van der Waals surface area contributed by atoms with Crippen LogP contribution in [-0.2, 0) is 10.0 Å². The zero-order chi connectivity index (χ0) is 16.3. The third-order valence-electron chi connectivity index (χ3n) is 3.68. The van der Waals surface area contributed by atoms with E-state index in [2.05, 4.69) is 21.2 Å². The van der Waals surface area contributed by atoms with E-state index in [1.54, 1.807) is 0 Å². The van der Waals surface area contributed by atoms with E-state index >= 15 is 0 Å². The van der Waals surface area contributed by atoms with Crippen LogP contribution in [0.1, 0.15) is 30.1 Å². The summed E-state index contributed by atoms with van der Waals surface area (Å²) in [6.45, 7) is 3.72. The SMILES string of the molecule is CCCC1CNCCN1S(=O)(=O)c1cc(Br)cc(C(N)=O)c1.Cl. The van der Waals surface area contributed by atoms with Gasteiger partial charge in [-0.2, -0.15) is 4.31 Å². The lowest BCUT2D eigenvalue weighted by atomic mass is 10.1. The molecule has 23 heavy (non-hydrogen) atoms. The molecule has 1 amide bonds. The van der Waals surface area contributed by atoms with Gasteiger partial charge in [0.1, 0.15) is 0 Å². The van der Waals surface area contributed by atoms with Crippen LogP contribution in [0.25, 0.3) is 0 Å². The first-order chi connectivity index (χ1) is 10.4. The van der Waals surface area contributed by atoms with Crippen molar-refractivity contribution in [3.63, 3.8) is 0 Å². The number of hydrogen-bond donors (Lipinski definition) is 2. The smallest absolute Gasteiger partial charge is 0.248 e. The maximum absolute atomic E-state index is 12.9. The Morgan fingerprint density at radius 1 is 1.43 bits per heavy atom. The number of hydrogen-bond acceptors (Lipinski definition) is 4. The Bertz CT molecular complexity index is 667. The van der Waals surface area contributed by atoms with Gasteiger partial charge >= 0.3 is 0 Å². The highest BCUT2D eigenvalue weighted by Gasteiger charge is 2.33. The van der Waals surface area contributed by atoms with Crippen LogP contribution in [0.3, 0.4) is 0 Å². The molecule has 9 heteroatoms. The molecule has 0 radical (unpaired) electrons. The molecule has 1 unspecified atom stereocenters. The molecule has 0 spiro atoms.